The van der Waals surface area contributed by atoms with Gasteiger partial charge in [0.25, 0.3) is 0 Å². The number of ether oxygens (including phenoxy) is 2. The number of benzene rings is 1. The van der Waals surface area contributed by atoms with Crippen molar-refractivity contribution in [1.82, 2.24) is 4.98 Å². The first-order chi connectivity index (χ1) is 11.3. The summed E-state index contributed by atoms with van der Waals surface area (Å²) in [5.74, 6) is -1.21. The van der Waals surface area contributed by atoms with E-state index in [4.69, 9.17) is 4.74 Å². The van der Waals surface area contributed by atoms with Crippen LogP contribution in [0, 0.1) is 0 Å². The number of esters is 1. The van der Waals surface area contributed by atoms with Crippen LogP contribution in [0.3, 0.4) is 0 Å². The third-order valence-electron chi connectivity index (χ3n) is 3.21. The number of rotatable bonds is 6. The van der Waals surface area contributed by atoms with Gasteiger partial charge in [-0.1, -0.05) is 30.3 Å². The lowest BCUT2D eigenvalue weighted by molar-refractivity contribution is -0.153. The predicted octanol–water partition coefficient (Wildman–Crippen LogP) is 3.87. The van der Waals surface area contributed by atoms with Gasteiger partial charge in [0, 0.05) is 6.20 Å². The Hall–Kier alpha value is -2.57. The molecule has 0 N–H and O–H groups in total. The summed E-state index contributed by atoms with van der Waals surface area (Å²) in [4.78, 5) is 15.9. The number of alkyl halides is 3. The van der Waals surface area contributed by atoms with Crippen molar-refractivity contribution in [1.29, 1.82) is 0 Å². The number of pyridine rings is 1. The average molecular weight is 339 g/mol. The first-order valence-corrected chi connectivity index (χ1v) is 7.20. The Morgan fingerprint density at radius 3 is 2.58 bits per heavy atom. The lowest BCUT2D eigenvalue weighted by Crippen LogP contribution is -2.19. The van der Waals surface area contributed by atoms with Crippen LogP contribution >= 0.6 is 0 Å². The molecule has 0 radical (unpaired) electrons. The molecule has 1 aromatic carbocycles. The fourth-order valence-corrected chi connectivity index (χ4v) is 1.91. The van der Waals surface area contributed by atoms with Gasteiger partial charge < -0.3 is 9.47 Å². The van der Waals surface area contributed by atoms with Crippen molar-refractivity contribution in [3.8, 4) is 5.75 Å². The van der Waals surface area contributed by atoms with Crippen LogP contribution in [0.25, 0.3) is 0 Å². The van der Waals surface area contributed by atoms with E-state index in [0.29, 0.717) is 5.56 Å². The third kappa shape index (κ3) is 5.57. The van der Waals surface area contributed by atoms with Crippen LogP contribution in [0.15, 0.2) is 48.8 Å². The van der Waals surface area contributed by atoms with Crippen molar-refractivity contribution in [3.05, 3.63) is 59.9 Å². The molecular weight excluding hydrogens is 323 g/mol. The summed E-state index contributed by atoms with van der Waals surface area (Å²) in [7, 11) is 0. The maximum Gasteiger partial charge on any atom is 0.422 e. The van der Waals surface area contributed by atoms with Crippen molar-refractivity contribution >= 4 is 5.97 Å². The van der Waals surface area contributed by atoms with Gasteiger partial charge >= 0.3 is 12.1 Å². The molecule has 0 fully saturated rings. The summed E-state index contributed by atoms with van der Waals surface area (Å²) in [5, 5.41) is 0. The van der Waals surface area contributed by atoms with E-state index >= 15 is 0 Å². The molecule has 1 heterocycles. The molecule has 0 amide bonds. The van der Waals surface area contributed by atoms with Crippen molar-refractivity contribution in [2.24, 2.45) is 0 Å². The van der Waals surface area contributed by atoms with Gasteiger partial charge in [-0.15, -0.1) is 0 Å². The second-order valence-electron chi connectivity index (χ2n) is 5.17. The van der Waals surface area contributed by atoms with Gasteiger partial charge in [-0.3, -0.25) is 9.78 Å². The number of aromatic nitrogens is 1. The Kier molecular flexibility index (Phi) is 5.78. The Bertz CT molecular complexity index is 674. The van der Waals surface area contributed by atoms with Gasteiger partial charge in [0.15, 0.2) is 6.61 Å². The predicted molar refractivity (Wildman–Crippen MR) is 80.4 cm³/mol. The molecule has 2 rings (SSSR count). The lowest BCUT2D eigenvalue weighted by Gasteiger charge is -2.13. The van der Waals surface area contributed by atoms with Gasteiger partial charge in [-0.25, -0.2) is 0 Å². The molecule has 0 saturated heterocycles. The standard InChI is InChI=1S/C17H16F3NO3/c1-12(16(22)23-10-13-5-3-2-4-6-13)14-7-15(9-21-8-14)24-11-17(18,19)20/h2-9,12H,10-11H2,1H3. The zero-order chi connectivity index (χ0) is 17.6. The topological polar surface area (TPSA) is 48.4 Å². The van der Waals surface area contributed by atoms with Crippen molar-refractivity contribution in [2.45, 2.75) is 25.6 Å². The number of carbonyl (C=O) groups is 1. The van der Waals surface area contributed by atoms with Crippen LogP contribution < -0.4 is 4.74 Å². The molecule has 0 aliphatic heterocycles. The van der Waals surface area contributed by atoms with Crippen LogP contribution in [0.2, 0.25) is 0 Å². The Morgan fingerprint density at radius 1 is 1.21 bits per heavy atom. The smallest absolute Gasteiger partial charge is 0.422 e. The Morgan fingerprint density at radius 2 is 1.92 bits per heavy atom. The number of halogens is 3. The molecule has 0 saturated carbocycles. The van der Waals surface area contributed by atoms with E-state index in [1.807, 2.05) is 30.3 Å². The fraction of sp³-hybridized carbons (Fsp3) is 0.294. The highest BCUT2D eigenvalue weighted by molar-refractivity contribution is 5.77. The summed E-state index contributed by atoms with van der Waals surface area (Å²) < 4.78 is 46.4. The van der Waals surface area contributed by atoms with Gasteiger partial charge in [0.05, 0.1) is 12.1 Å². The molecule has 0 aliphatic carbocycles. The van der Waals surface area contributed by atoms with Gasteiger partial charge in [0.2, 0.25) is 0 Å². The highest BCUT2D eigenvalue weighted by Gasteiger charge is 2.28. The number of hydrogen-bond acceptors (Lipinski definition) is 4. The molecule has 128 valence electrons. The van der Waals surface area contributed by atoms with Crippen LogP contribution in [0.1, 0.15) is 24.0 Å². The Balaban J connectivity index is 1.95. The van der Waals surface area contributed by atoms with Crippen LogP contribution in [0.4, 0.5) is 13.2 Å². The fourth-order valence-electron chi connectivity index (χ4n) is 1.91. The van der Waals surface area contributed by atoms with Gasteiger partial charge in [-0.05, 0) is 24.1 Å². The second-order valence-corrected chi connectivity index (χ2v) is 5.17. The molecule has 1 unspecified atom stereocenters. The number of carbonyl (C=O) groups excluding carboxylic acids is 1. The maximum atomic E-state index is 12.2. The minimum Gasteiger partial charge on any atom is -0.482 e. The van der Waals surface area contributed by atoms with Gasteiger partial charge in [0.1, 0.15) is 12.4 Å². The Labute approximate surface area is 137 Å². The molecule has 24 heavy (non-hydrogen) atoms. The summed E-state index contributed by atoms with van der Waals surface area (Å²) in [5.41, 5.74) is 1.27. The van der Waals surface area contributed by atoms with Crippen LogP contribution in [-0.4, -0.2) is 23.7 Å². The normalized spacial score (nSPS) is 12.5. The molecule has 2 aromatic rings. The van der Waals surface area contributed by atoms with Crippen LogP contribution in [-0.2, 0) is 16.1 Å². The maximum absolute atomic E-state index is 12.2. The van der Waals surface area contributed by atoms with Crippen molar-refractivity contribution < 1.29 is 27.4 Å². The summed E-state index contributed by atoms with van der Waals surface area (Å²) in [6, 6.07) is 10.5. The first kappa shape index (κ1) is 17.8. The molecule has 0 spiro atoms. The molecule has 4 nitrogen and oxygen atoms in total. The SMILES string of the molecule is CC(C(=O)OCc1ccccc1)c1cncc(OCC(F)(F)F)c1. The van der Waals surface area contributed by atoms with Crippen molar-refractivity contribution in [2.75, 3.05) is 6.61 Å². The first-order valence-electron chi connectivity index (χ1n) is 7.20. The third-order valence-corrected chi connectivity index (χ3v) is 3.21. The highest BCUT2D eigenvalue weighted by atomic mass is 19.4. The van der Waals surface area contributed by atoms with Crippen LogP contribution in [0.5, 0.6) is 5.75 Å². The zero-order valence-corrected chi connectivity index (χ0v) is 12.9. The van der Waals surface area contributed by atoms with E-state index in [1.54, 1.807) is 6.92 Å². The average Bonchev–Trinajstić information content (AvgIpc) is 2.58. The van der Waals surface area contributed by atoms with E-state index in [2.05, 4.69) is 9.72 Å². The largest absolute Gasteiger partial charge is 0.482 e. The molecule has 1 aromatic heterocycles. The zero-order valence-electron chi connectivity index (χ0n) is 12.9. The minimum atomic E-state index is -4.43. The highest BCUT2D eigenvalue weighted by Crippen LogP contribution is 2.23. The quantitative estimate of drug-likeness (QED) is 0.750. The molecule has 0 bridgehead atoms. The molecule has 0 aliphatic rings. The van der Waals surface area contributed by atoms with E-state index in [1.165, 1.54) is 12.3 Å². The van der Waals surface area contributed by atoms with E-state index < -0.39 is 24.7 Å². The van der Waals surface area contributed by atoms with E-state index in [0.717, 1.165) is 11.8 Å². The van der Waals surface area contributed by atoms with Crippen molar-refractivity contribution in [3.63, 3.8) is 0 Å². The summed E-state index contributed by atoms with van der Waals surface area (Å²) in [6.45, 7) is 0.310. The monoisotopic (exact) mass is 339 g/mol. The minimum absolute atomic E-state index is 0.0486. The number of hydrogen-bond donors (Lipinski definition) is 0. The molecular formula is C17H16F3NO3. The summed E-state index contributed by atoms with van der Waals surface area (Å²) in [6.07, 6.45) is -1.87. The number of nitrogens with zero attached hydrogens (tertiary/aromatic N) is 1. The van der Waals surface area contributed by atoms with E-state index in [-0.39, 0.29) is 12.4 Å². The van der Waals surface area contributed by atoms with E-state index in [9.17, 15) is 18.0 Å². The molecule has 1 atom stereocenters. The molecule has 7 heteroatoms. The van der Waals surface area contributed by atoms with Gasteiger partial charge in [-0.2, -0.15) is 13.2 Å². The lowest BCUT2D eigenvalue weighted by atomic mass is 10.0. The second kappa shape index (κ2) is 7.81. The summed E-state index contributed by atoms with van der Waals surface area (Å²) >= 11 is 0.